The monoisotopic (exact) mass is 331 g/mol. The van der Waals surface area contributed by atoms with Gasteiger partial charge in [-0.2, -0.15) is 0 Å². The molecule has 0 aliphatic rings. The number of hydrogen-bond acceptors (Lipinski definition) is 4. The van der Waals surface area contributed by atoms with E-state index in [4.69, 9.17) is 5.73 Å². The van der Waals surface area contributed by atoms with Gasteiger partial charge in [0.2, 0.25) is 5.91 Å². The third-order valence-electron chi connectivity index (χ3n) is 3.30. The van der Waals surface area contributed by atoms with Gasteiger partial charge >= 0.3 is 0 Å². The molecule has 7 nitrogen and oxygen atoms in total. The fourth-order valence-electron chi connectivity index (χ4n) is 2.12. The molecule has 0 saturated carbocycles. The van der Waals surface area contributed by atoms with E-state index >= 15 is 0 Å². The Morgan fingerprint density at radius 2 is 1.92 bits per heavy atom. The number of primary amides is 1. The maximum Gasteiger partial charge on any atom is 0.270 e. The second-order valence-electron chi connectivity index (χ2n) is 5.07. The highest BCUT2D eigenvalue weighted by Gasteiger charge is 2.20. The van der Waals surface area contributed by atoms with E-state index in [0.29, 0.717) is 5.56 Å². The number of non-ortho nitro benzene ring substituents is 1. The highest BCUT2D eigenvalue weighted by molar-refractivity contribution is 5.97. The van der Waals surface area contributed by atoms with Crippen molar-refractivity contribution in [2.75, 3.05) is 0 Å². The number of nitrogens with two attached hydrogens (primary N) is 1. The first-order chi connectivity index (χ1) is 11.4. The minimum atomic E-state index is -1.07. The van der Waals surface area contributed by atoms with Crippen molar-refractivity contribution in [3.05, 3.63) is 75.6 Å². The van der Waals surface area contributed by atoms with Gasteiger partial charge in [-0.15, -0.1) is 0 Å². The van der Waals surface area contributed by atoms with Crippen LogP contribution >= 0.6 is 0 Å². The first-order valence-corrected chi connectivity index (χ1v) is 6.96. The normalized spacial score (nSPS) is 11.5. The number of nitrogens with zero attached hydrogens (tertiary/aromatic N) is 1. The Balaban J connectivity index is 2.15. The second-order valence-corrected chi connectivity index (χ2v) is 5.07. The lowest BCUT2D eigenvalue weighted by molar-refractivity contribution is -0.384. The quantitative estimate of drug-likeness (QED) is 0.617. The lowest BCUT2D eigenvalue weighted by atomic mass is 10.0. The number of carbonyl (C=O) groups excluding carboxylic acids is 2. The Morgan fingerprint density at radius 3 is 2.54 bits per heavy atom. The molecule has 8 heteroatoms. The molecule has 0 radical (unpaired) electrons. The van der Waals surface area contributed by atoms with Crippen LogP contribution in [-0.4, -0.2) is 22.8 Å². The smallest absolute Gasteiger partial charge is 0.270 e. The minimum absolute atomic E-state index is 0.00770. The van der Waals surface area contributed by atoms with E-state index < -0.39 is 28.6 Å². The minimum Gasteiger partial charge on any atom is -0.368 e. The molecule has 2 aromatic rings. The Morgan fingerprint density at radius 1 is 1.21 bits per heavy atom. The largest absolute Gasteiger partial charge is 0.368 e. The highest BCUT2D eigenvalue weighted by Crippen LogP contribution is 2.13. The zero-order chi connectivity index (χ0) is 17.7. The molecular formula is C16H14FN3O4. The summed E-state index contributed by atoms with van der Waals surface area (Å²) < 4.78 is 13.2. The number of rotatable bonds is 6. The van der Waals surface area contributed by atoms with Crippen LogP contribution in [0.25, 0.3) is 0 Å². The van der Waals surface area contributed by atoms with Gasteiger partial charge in [0.25, 0.3) is 11.6 Å². The van der Waals surface area contributed by atoms with E-state index in [0.717, 1.165) is 6.07 Å². The summed E-state index contributed by atoms with van der Waals surface area (Å²) in [6, 6.07) is 9.56. The number of nitrogens with one attached hydrogen (secondary N) is 1. The molecule has 0 unspecified atom stereocenters. The van der Waals surface area contributed by atoms with Crippen molar-refractivity contribution in [2.24, 2.45) is 5.73 Å². The summed E-state index contributed by atoms with van der Waals surface area (Å²) in [5.74, 6) is -1.95. The third kappa shape index (κ3) is 4.35. The number of nitro benzene ring substituents is 1. The molecule has 1 atom stereocenters. The van der Waals surface area contributed by atoms with Crippen molar-refractivity contribution in [3.63, 3.8) is 0 Å². The molecule has 2 amide bonds. The van der Waals surface area contributed by atoms with Crippen LogP contribution in [0, 0.1) is 15.9 Å². The molecule has 0 bridgehead atoms. The van der Waals surface area contributed by atoms with Crippen molar-refractivity contribution < 1.29 is 18.9 Å². The number of hydrogen-bond donors (Lipinski definition) is 2. The van der Waals surface area contributed by atoms with E-state index in [1.54, 1.807) is 6.07 Å². The number of halogens is 1. The Bertz CT molecular complexity index is 794. The topological polar surface area (TPSA) is 115 Å². The lowest BCUT2D eigenvalue weighted by Gasteiger charge is -2.15. The maximum absolute atomic E-state index is 13.2. The first kappa shape index (κ1) is 17.1. The van der Waals surface area contributed by atoms with Gasteiger partial charge in [0.05, 0.1) is 4.92 Å². The van der Waals surface area contributed by atoms with E-state index in [1.807, 2.05) is 0 Å². The summed E-state index contributed by atoms with van der Waals surface area (Å²) in [6.07, 6.45) is 0.00770. The van der Waals surface area contributed by atoms with Gasteiger partial charge in [0.1, 0.15) is 11.9 Å². The Hall–Kier alpha value is -3.29. The van der Waals surface area contributed by atoms with Crippen LogP contribution in [0.5, 0.6) is 0 Å². The molecule has 24 heavy (non-hydrogen) atoms. The molecule has 2 aromatic carbocycles. The second kappa shape index (κ2) is 7.32. The lowest BCUT2D eigenvalue weighted by Crippen LogP contribution is -2.45. The summed E-state index contributed by atoms with van der Waals surface area (Å²) in [4.78, 5) is 33.8. The summed E-state index contributed by atoms with van der Waals surface area (Å²) >= 11 is 0. The van der Waals surface area contributed by atoms with E-state index in [9.17, 15) is 24.1 Å². The Labute approximate surface area is 136 Å². The molecule has 0 saturated heterocycles. The van der Waals surface area contributed by atoms with Crippen LogP contribution in [0.2, 0.25) is 0 Å². The predicted octanol–water partition coefficient (Wildman–Crippen LogP) is 1.56. The van der Waals surface area contributed by atoms with Crippen molar-refractivity contribution in [1.82, 2.24) is 5.32 Å². The molecule has 3 N–H and O–H groups in total. The molecule has 0 fully saturated rings. The van der Waals surface area contributed by atoms with Crippen molar-refractivity contribution in [2.45, 2.75) is 12.5 Å². The Kier molecular flexibility index (Phi) is 5.20. The molecular weight excluding hydrogens is 317 g/mol. The van der Waals surface area contributed by atoms with Crippen LogP contribution < -0.4 is 11.1 Å². The first-order valence-electron chi connectivity index (χ1n) is 6.96. The van der Waals surface area contributed by atoms with Crippen molar-refractivity contribution >= 4 is 17.5 Å². The van der Waals surface area contributed by atoms with Crippen molar-refractivity contribution in [3.8, 4) is 0 Å². The molecule has 124 valence electrons. The zero-order valence-corrected chi connectivity index (χ0v) is 12.4. The van der Waals surface area contributed by atoms with Gasteiger partial charge in [-0.05, 0) is 23.8 Å². The molecule has 2 rings (SSSR count). The summed E-state index contributed by atoms with van der Waals surface area (Å²) in [6.45, 7) is 0. The molecule has 0 aromatic heterocycles. The standard InChI is InChI=1S/C16H14FN3O4/c17-12-5-1-3-10(7-12)8-14(15(18)21)19-16(22)11-4-2-6-13(9-11)20(23)24/h1-7,9,14H,8H2,(H2,18,21)(H,19,22)/t14-/m0/s1. The van der Waals surface area contributed by atoms with Gasteiger partial charge in [0, 0.05) is 24.1 Å². The summed E-state index contributed by atoms with van der Waals surface area (Å²) in [7, 11) is 0. The van der Waals surface area contributed by atoms with Crippen LogP contribution in [0.3, 0.4) is 0 Å². The summed E-state index contributed by atoms with van der Waals surface area (Å²) in [5, 5.41) is 13.2. The van der Waals surface area contributed by atoms with Gasteiger partial charge in [0.15, 0.2) is 0 Å². The van der Waals surface area contributed by atoms with Gasteiger partial charge < -0.3 is 11.1 Å². The number of nitro groups is 1. The molecule has 0 aliphatic heterocycles. The predicted molar refractivity (Wildman–Crippen MR) is 83.6 cm³/mol. The fraction of sp³-hybridized carbons (Fsp3) is 0.125. The average Bonchev–Trinajstić information content (AvgIpc) is 2.54. The number of carbonyl (C=O) groups is 2. The van der Waals surface area contributed by atoms with Crippen LogP contribution in [0.1, 0.15) is 15.9 Å². The van der Waals surface area contributed by atoms with Gasteiger partial charge in [-0.1, -0.05) is 18.2 Å². The molecule has 0 aliphatic carbocycles. The van der Waals surface area contributed by atoms with E-state index in [2.05, 4.69) is 5.32 Å². The highest BCUT2D eigenvalue weighted by atomic mass is 19.1. The van der Waals surface area contributed by atoms with Gasteiger partial charge in [-0.25, -0.2) is 4.39 Å². The van der Waals surface area contributed by atoms with E-state index in [1.165, 1.54) is 36.4 Å². The fourth-order valence-corrected chi connectivity index (χ4v) is 2.12. The van der Waals surface area contributed by atoms with Crippen LogP contribution in [0.4, 0.5) is 10.1 Å². The number of amides is 2. The third-order valence-corrected chi connectivity index (χ3v) is 3.30. The maximum atomic E-state index is 13.2. The average molecular weight is 331 g/mol. The summed E-state index contributed by atoms with van der Waals surface area (Å²) in [5.41, 5.74) is 5.53. The van der Waals surface area contributed by atoms with Crippen LogP contribution in [-0.2, 0) is 11.2 Å². The van der Waals surface area contributed by atoms with Gasteiger partial charge in [-0.3, -0.25) is 19.7 Å². The number of benzene rings is 2. The zero-order valence-electron chi connectivity index (χ0n) is 12.4. The van der Waals surface area contributed by atoms with Crippen molar-refractivity contribution in [1.29, 1.82) is 0 Å². The van der Waals surface area contributed by atoms with E-state index in [-0.39, 0.29) is 17.7 Å². The van der Waals surface area contributed by atoms with Crippen LogP contribution in [0.15, 0.2) is 48.5 Å². The SMILES string of the molecule is NC(=O)[C@H](Cc1cccc(F)c1)NC(=O)c1cccc([N+](=O)[O-])c1. The molecule has 0 spiro atoms. The molecule has 0 heterocycles.